The molecule has 1 aliphatic heterocycles. The number of aromatic nitrogens is 3. The fourth-order valence-corrected chi connectivity index (χ4v) is 4.21. The molecule has 0 bridgehead atoms. The molecule has 0 atom stereocenters. The Bertz CT molecular complexity index is 987. The number of fused-ring (bicyclic) bond motifs is 1. The van der Waals surface area contributed by atoms with E-state index in [0.29, 0.717) is 31.2 Å². The Labute approximate surface area is 163 Å². The first-order chi connectivity index (χ1) is 12.6. The van der Waals surface area contributed by atoms with Gasteiger partial charge in [0.15, 0.2) is 5.82 Å². The van der Waals surface area contributed by atoms with Gasteiger partial charge in [-0.25, -0.2) is 9.97 Å². The molecular formula is C18H17BrN4O2S. The molecule has 0 unspecified atom stereocenters. The van der Waals surface area contributed by atoms with Gasteiger partial charge >= 0.3 is 0 Å². The third kappa shape index (κ3) is 3.44. The molecule has 1 N–H and O–H groups in total. The zero-order valence-electron chi connectivity index (χ0n) is 14.2. The molecule has 6 nitrogen and oxygen atoms in total. The number of pyridine rings is 1. The number of aromatic amines is 1. The van der Waals surface area contributed by atoms with E-state index in [0.717, 1.165) is 32.7 Å². The molecule has 3 aromatic heterocycles. The quantitative estimate of drug-likeness (QED) is 0.684. The number of thiophene rings is 1. The molecule has 0 fully saturated rings. The summed E-state index contributed by atoms with van der Waals surface area (Å²) < 4.78 is 6.29. The maximum Gasteiger partial charge on any atom is 0.254 e. The highest BCUT2D eigenvalue weighted by Crippen LogP contribution is 2.25. The summed E-state index contributed by atoms with van der Waals surface area (Å²) in [4.78, 5) is 27.6. The van der Waals surface area contributed by atoms with Gasteiger partial charge in [-0.1, -0.05) is 6.07 Å². The van der Waals surface area contributed by atoms with E-state index >= 15 is 0 Å². The van der Waals surface area contributed by atoms with Crippen LogP contribution in [-0.2, 0) is 19.5 Å². The van der Waals surface area contributed by atoms with E-state index in [9.17, 15) is 4.79 Å². The summed E-state index contributed by atoms with van der Waals surface area (Å²) in [5, 5.41) is 1.98. The van der Waals surface area contributed by atoms with Crippen molar-refractivity contribution in [1.82, 2.24) is 19.9 Å². The third-order valence-electron chi connectivity index (χ3n) is 4.39. The molecule has 0 saturated carbocycles. The summed E-state index contributed by atoms with van der Waals surface area (Å²) in [7, 11) is 1.62. The van der Waals surface area contributed by atoms with Crippen molar-refractivity contribution < 1.29 is 4.74 Å². The van der Waals surface area contributed by atoms with Crippen LogP contribution in [0.15, 0.2) is 39.0 Å². The molecule has 1 aliphatic rings. The summed E-state index contributed by atoms with van der Waals surface area (Å²) >= 11 is 5.03. The molecule has 0 aliphatic carbocycles. The second-order valence-electron chi connectivity index (χ2n) is 6.10. The van der Waals surface area contributed by atoms with Crippen molar-refractivity contribution in [2.24, 2.45) is 0 Å². The molecule has 26 heavy (non-hydrogen) atoms. The summed E-state index contributed by atoms with van der Waals surface area (Å²) in [6.45, 7) is 2.12. The standard InChI is InChI=1S/C18H17BrN4O2S/c1-25-18-11(7-12(19)8-20-18)9-23-5-4-13-14(10-23)21-16(22-17(13)24)15-3-2-6-26-15/h2-3,6-8H,4-5,9-10H2,1H3,(H,21,22,24). The zero-order chi connectivity index (χ0) is 18.1. The van der Waals surface area contributed by atoms with Gasteiger partial charge in [-0.2, -0.15) is 0 Å². The van der Waals surface area contributed by atoms with Gasteiger partial charge in [0.1, 0.15) is 0 Å². The van der Waals surface area contributed by atoms with Crippen molar-refractivity contribution in [1.29, 1.82) is 0 Å². The fourth-order valence-electron chi connectivity index (χ4n) is 3.17. The van der Waals surface area contributed by atoms with Crippen LogP contribution in [0, 0.1) is 0 Å². The predicted molar refractivity (Wildman–Crippen MR) is 104 cm³/mol. The van der Waals surface area contributed by atoms with Gasteiger partial charge in [0.25, 0.3) is 5.56 Å². The van der Waals surface area contributed by atoms with Gasteiger partial charge in [-0.05, 0) is 39.9 Å². The van der Waals surface area contributed by atoms with Gasteiger partial charge in [-0.3, -0.25) is 9.69 Å². The molecule has 0 spiro atoms. The monoisotopic (exact) mass is 432 g/mol. The SMILES string of the molecule is COc1ncc(Br)cc1CN1CCc2c(nc(-c3cccs3)[nH]c2=O)C1. The second kappa shape index (κ2) is 7.30. The lowest BCUT2D eigenvalue weighted by atomic mass is 10.1. The minimum absolute atomic E-state index is 0.0280. The Morgan fingerprint density at radius 2 is 2.35 bits per heavy atom. The van der Waals surface area contributed by atoms with Crippen molar-refractivity contribution in [3.05, 3.63) is 61.4 Å². The smallest absolute Gasteiger partial charge is 0.254 e. The van der Waals surface area contributed by atoms with Crippen molar-refractivity contribution >= 4 is 27.3 Å². The van der Waals surface area contributed by atoms with Gasteiger partial charge in [-0.15, -0.1) is 11.3 Å². The van der Waals surface area contributed by atoms with Crippen LogP contribution in [-0.4, -0.2) is 33.5 Å². The molecule has 4 rings (SSSR count). The highest BCUT2D eigenvalue weighted by atomic mass is 79.9. The van der Waals surface area contributed by atoms with Crippen LogP contribution in [0.2, 0.25) is 0 Å². The van der Waals surface area contributed by atoms with Crippen LogP contribution in [0.25, 0.3) is 10.7 Å². The summed E-state index contributed by atoms with van der Waals surface area (Å²) in [5.41, 5.74) is 2.62. The van der Waals surface area contributed by atoms with Crippen molar-refractivity contribution in [3.63, 3.8) is 0 Å². The van der Waals surface area contributed by atoms with Gasteiger partial charge in [0, 0.05) is 41.4 Å². The van der Waals surface area contributed by atoms with E-state index in [1.807, 2.05) is 23.6 Å². The lowest BCUT2D eigenvalue weighted by Crippen LogP contribution is -2.35. The second-order valence-corrected chi connectivity index (χ2v) is 7.96. The minimum atomic E-state index is -0.0280. The number of hydrogen-bond acceptors (Lipinski definition) is 6. The molecule has 0 saturated heterocycles. The average molecular weight is 433 g/mol. The Kier molecular flexibility index (Phi) is 4.88. The van der Waals surface area contributed by atoms with E-state index in [4.69, 9.17) is 9.72 Å². The normalized spacial score (nSPS) is 14.2. The first-order valence-corrected chi connectivity index (χ1v) is 9.88. The maximum atomic E-state index is 12.4. The van der Waals surface area contributed by atoms with Crippen molar-refractivity contribution in [2.45, 2.75) is 19.5 Å². The molecule has 0 amide bonds. The first-order valence-electron chi connectivity index (χ1n) is 8.21. The van der Waals surface area contributed by atoms with Crippen LogP contribution >= 0.6 is 27.3 Å². The van der Waals surface area contributed by atoms with Crippen LogP contribution in [0.3, 0.4) is 0 Å². The van der Waals surface area contributed by atoms with Gasteiger partial charge < -0.3 is 9.72 Å². The van der Waals surface area contributed by atoms with E-state index in [2.05, 4.69) is 30.8 Å². The van der Waals surface area contributed by atoms with Crippen LogP contribution in [0.5, 0.6) is 5.88 Å². The van der Waals surface area contributed by atoms with Crippen LogP contribution in [0.1, 0.15) is 16.8 Å². The van der Waals surface area contributed by atoms with E-state index in [1.54, 1.807) is 24.6 Å². The van der Waals surface area contributed by atoms with E-state index in [-0.39, 0.29) is 5.56 Å². The molecule has 134 valence electrons. The van der Waals surface area contributed by atoms with Crippen LogP contribution in [0.4, 0.5) is 0 Å². The van der Waals surface area contributed by atoms with Crippen molar-refractivity contribution in [2.75, 3.05) is 13.7 Å². The maximum absolute atomic E-state index is 12.4. The number of methoxy groups -OCH3 is 1. The Balaban J connectivity index is 1.61. The zero-order valence-corrected chi connectivity index (χ0v) is 16.6. The number of halogens is 1. The summed E-state index contributed by atoms with van der Waals surface area (Å²) in [6.07, 6.45) is 2.41. The minimum Gasteiger partial charge on any atom is -0.481 e. The first kappa shape index (κ1) is 17.4. The number of nitrogens with zero attached hydrogens (tertiary/aromatic N) is 3. The highest BCUT2D eigenvalue weighted by molar-refractivity contribution is 9.10. The molecule has 4 heterocycles. The Morgan fingerprint density at radius 1 is 1.46 bits per heavy atom. The predicted octanol–water partition coefficient (Wildman–Crippen LogP) is 3.22. The third-order valence-corrected chi connectivity index (χ3v) is 5.70. The molecule has 8 heteroatoms. The molecule has 0 aromatic carbocycles. The molecule has 0 radical (unpaired) electrons. The lowest BCUT2D eigenvalue weighted by molar-refractivity contribution is 0.236. The van der Waals surface area contributed by atoms with E-state index in [1.165, 1.54) is 0 Å². The Morgan fingerprint density at radius 3 is 3.12 bits per heavy atom. The largest absolute Gasteiger partial charge is 0.481 e. The number of rotatable bonds is 4. The van der Waals surface area contributed by atoms with E-state index < -0.39 is 0 Å². The Hall–Kier alpha value is -2.03. The van der Waals surface area contributed by atoms with Crippen LogP contribution < -0.4 is 10.3 Å². The average Bonchev–Trinajstić information content (AvgIpc) is 3.16. The lowest BCUT2D eigenvalue weighted by Gasteiger charge is -2.28. The highest BCUT2D eigenvalue weighted by Gasteiger charge is 2.22. The van der Waals surface area contributed by atoms with Gasteiger partial charge in [0.05, 0.1) is 17.7 Å². The number of H-pyrrole nitrogens is 1. The fraction of sp³-hybridized carbons (Fsp3) is 0.278. The van der Waals surface area contributed by atoms with Crippen molar-refractivity contribution in [3.8, 4) is 16.6 Å². The number of ether oxygens (including phenoxy) is 1. The number of nitrogens with one attached hydrogen (secondary N) is 1. The number of hydrogen-bond donors (Lipinski definition) is 1. The van der Waals surface area contributed by atoms with Gasteiger partial charge in [0.2, 0.25) is 5.88 Å². The molecule has 3 aromatic rings. The topological polar surface area (TPSA) is 71.1 Å². The summed E-state index contributed by atoms with van der Waals surface area (Å²) in [6, 6.07) is 5.94. The molecular weight excluding hydrogens is 416 g/mol. The summed E-state index contributed by atoms with van der Waals surface area (Å²) in [5.74, 6) is 1.27.